The maximum Gasteiger partial charge on any atom is 0.338 e. The predicted molar refractivity (Wildman–Crippen MR) is 121 cm³/mol. The Morgan fingerprint density at radius 1 is 1.23 bits per heavy atom. The molecule has 3 rings (SSSR count). The number of hydrogen-bond donors (Lipinski definition) is 2. The third-order valence-electron chi connectivity index (χ3n) is 5.03. The Morgan fingerprint density at radius 2 is 1.94 bits per heavy atom. The van der Waals surface area contributed by atoms with Crippen molar-refractivity contribution in [3.05, 3.63) is 76.7 Å². The van der Waals surface area contributed by atoms with Gasteiger partial charge in [-0.05, 0) is 61.5 Å². The smallest absolute Gasteiger partial charge is 0.338 e. The number of hydrogen-bond acceptors (Lipinski definition) is 4. The molecule has 0 saturated carbocycles. The first-order valence-corrected chi connectivity index (χ1v) is 10.3. The molecule has 0 aromatic heterocycles. The number of allylic oxidation sites excluding steroid dienone is 1. The Hall–Kier alpha value is -3.26. The summed E-state index contributed by atoms with van der Waals surface area (Å²) in [7, 11) is 1.78. The lowest BCUT2D eigenvalue weighted by molar-refractivity contribution is -0.139. The summed E-state index contributed by atoms with van der Waals surface area (Å²) in [6.45, 7) is 3.83. The molecular weight excluding hydrogens is 417 g/mol. The highest BCUT2D eigenvalue weighted by atomic mass is 32.1. The average molecular weight is 442 g/mol. The van der Waals surface area contributed by atoms with Crippen LogP contribution in [0.15, 0.2) is 59.8 Å². The van der Waals surface area contributed by atoms with Crippen LogP contribution in [0.3, 0.4) is 0 Å². The molecule has 162 valence electrons. The van der Waals surface area contributed by atoms with Crippen LogP contribution in [0.25, 0.3) is 0 Å². The van der Waals surface area contributed by atoms with Gasteiger partial charge < -0.3 is 20.3 Å². The van der Waals surface area contributed by atoms with Gasteiger partial charge in [0.05, 0.1) is 24.6 Å². The van der Waals surface area contributed by atoms with E-state index >= 15 is 0 Å². The fourth-order valence-corrected chi connectivity index (χ4v) is 3.60. The summed E-state index contributed by atoms with van der Waals surface area (Å²) in [5.41, 5.74) is 3.22. The largest absolute Gasteiger partial charge is 0.463 e. The molecule has 1 heterocycles. The van der Waals surface area contributed by atoms with Crippen LogP contribution in [0.4, 0.5) is 10.1 Å². The minimum atomic E-state index is -0.503. The summed E-state index contributed by atoms with van der Waals surface area (Å²) in [6.07, 6.45) is 0.119. The number of thiocarbonyl (C=S) groups is 1. The van der Waals surface area contributed by atoms with E-state index in [9.17, 15) is 14.0 Å². The Balaban J connectivity index is 1.83. The number of nitrogens with one attached hydrogen (secondary N) is 2. The zero-order valence-corrected chi connectivity index (χ0v) is 18.4. The SMILES string of the molecule is CCOC(=O)C1=C(C)N(C)C(=S)NC1c1cccc(NC(=O)Cc2ccc(F)cc2)c1. The summed E-state index contributed by atoms with van der Waals surface area (Å²) in [6, 6.07) is 12.5. The van der Waals surface area contributed by atoms with E-state index in [1.54, 1.807) is 49.2 Å². The summed E-state index contributed by atoms with van der Waals surface area (Å²) in [5.74, 6) is -0.994. The molecule has 6 nitrogen and oxygen atoms in total. The van der Waals surface area contributed by atoms with Gasteiger partial charge in [-0.25, -0.2) is 9.18 Å². The van der Waals surface area contributed by atoms with Gasteiger partial charge in [0.25, 0.3) is 0 Å². The Kier molecular flexibility index (Phi) is 7.02. The molecule has 0 fully saturated rings. The van der Waals surface area contributed by atoms with Crippen LogP contribution >= 0.6 is 12.2 Å². The number of carbonyl (C=O) groups is 2. The second-order valence-electron chi connectivity index (χ2n) is 7.14. The number of benzene rings is 2. The van der Waals surface area contributed by atoms with E-state index < -0.39 is 12.0 Å². The van der Waals surface area contributed by atoms with Crippen LogP contribution in [0.5, 0.6) is 0 Å². The quantitative estimate of drug-likeness (QED) is 0.526. The maximum atomic E-state index is 13.1. The van der Waals surface area contributed by atoms with Gasteiger partial charge in [-0.2, -0.15) is 0 Å². The van der Waals surface area contributed by atoms with Crippen molar-refractivity contribution in [3.63, 3.8) is 0 Å². The molecule has 0 radical (unpaired) electrons. The van der Waals surface area contributed by atoms with Gasteiger partial charge in [0.2, 0.25) is 5.91 Å². The van der Waals surface area contributed by atoms with Gasteiger partial charge >= 0.3 is 5.97 Å². The molecule has 1 amide bonds. The van der Waals surface area contributed by atoms with Crippen molar-refractivity contribution in [2.75, 3.05) is 19.0 Å². The van der Waals surface area contributed by atoms with Gasteiger partial charge in [0.15, 0.2) is 5.11 Å². The van der Waals surface area contributed by atoms with Crippen LogP contribution in [0.1, 0.15) is 31.0 Å². The maximum absolute atomic E-state index is 13.1. The van der Waals surface area contributed by atoms with Crippen molar-refractivity contribution in [3.8, 4) is 0 Å². The van der Waals surface area contributed by atoms with Gasteiger partial charge in [-0.15, -0.1) is 0 Å². The van der Waals surface area contributed by atoms with Crippen LogP contribution in [-0.2, 0) is 20.7 Å². The average Bonchev–Trinajstić information content (AvgIpc) is 2.73. The summed E-state index contributed by atoms with van der Waals surface area (Å²) in [5, 5.41) is 6.51. The first-order valence-electron chi connectivity index (χ1n) is 9.86. The van der Waals surface area contributed by atoms with Crippen molar-refractivity contribution < 1.29 is 18.7 Å². The highest BCUT2D eigenvalue weighted by Gasteiger charge is 2.33. The molecule has 2 aromatic carbocycles. The highest BCUT2D eigenvalue weighted by molar-refractivity contribution is 7.80. The molecule has 2 aromatic rings. The van der Waals surface area contributed by atoms with E-state index in [1.807, 2.05) is 13.0 Å². The Bertz CT molecular complexity index is 1040. The summed E-state index contributed by atoms with van der Waals surface area (Å²) < 4.78 is 18.3. The fraction of sp³-hybridized carbons (Fsp3) is 0.261. The standard InChI is InChI=1S/C23H24FN3O3S/c1-4-30-22(29)20-14(2)27(3)23(31)26-21(20)16-6-5-7-18(13-16)25-19(28)12-15-8-10-17(24)11-9-15/h5-11,13,21H,4,12H2,1-3H3,(H,25,28)(H,26,31). The first-order chi connectivity index (χ1) is 14.8. The van der Waals surface area contributed by atoms with E-state index in [0.29, 0.717) is 27.6 Å². The number of carbonyl (C=O) groups excluding carboxylic acids is 2. The van der Waals surface area contributed by atoms with Crippen LogP contribution < -0.4 is 10.6 Å². The minimum Gasteiger partial charge on any atom is -0.463 e. The molecule has 31 heavy (non-hydrogen) atoms. The number of amides is 1. The zero-order valence-electron chi connectivity index (χ0n) is 17.6. The normalized spacial score (nSPS) is 16.1. The Morgan fingerprint density at radius 3 is 2.61 bits per heavy atom. The second-order valence-corrected chi connectivity index (χ2v) is 7.52. The van der Waals surface area contributed by atoms with Gasteiger partial charge in [0, 0.05) is 18.4 Å². The number of halogens is 1. The van der Waals surface area contributed by atoms with Crippen LogP contribution in [0.2, 0.25) is 0 Å². The van der Waals surface area contributed by atoms with Gasteiger partial charge in [-0.3, -0.25) is 4.79 Å². The molecular formula is C23H24FN3O3S. The van der Waals surface area contributed by atoms with Crippen molar-refractivity contribution in [2.24, 2.45) is 0 Å². The van der Waals surface area contributed by atoms with Crippen LogP contribution in [-0.4, -0.2) is 35.5 Å². The molecule has 1 aliphatic heterocycles. The third-order valence-corrected chi connectivity index (χ3v) is 5.42. The number of ether oxygens (including phenoxy) is 1. The van der Waals surface area contributed by atoms with Gasteiger partial charge in [-0.1, -0.05) is 24.3 Å². The van der Waals surface area contributed by atoms with E-state index in [-0.39, 0.29) is 24.8 Å². The van der Waals surface area contributed by atoms with E-state index in [4.69, 9.17) is 17.0 Å². The summed E-state index contributed by atoms with van der Waals surface area (Å²) >= 11 is 5.40. The van der Waals surface area contributed by atoms with Crippen molar-refractivity contribution in [1.82, 2.24) is 10.2 Å². The second kappa shape index (κ2) is 9.70. The van der Waals surface area contributed by atoms with Crippen LogP contribution in [0, 0.1) is 5.82 Å². The lowest BCUT2D eigenvalue weighted by Gasteiger charge is -2.35. The lowest BCUT2D eigenvalue weighted by Crippen LogP contribution is -2.46. The number of rotatable bonds is 6. The molecule has 8 heteroatoms. The molecule has 0 aliphatic carbocycles. The molecule has 2 N–H and O–H groups in total. The van der Waals surface area contributed by atoms with E-state index in [0.717, 1.165) is 5.56 Å². The number of esters is 1. The molecule has 0 bridgehead atoms. The summed E-state index contributed by atoms with van der Waals surface area (Å²) in [4.78, 5) is 26.8. The molecule has 1 atom stereocenters. The minimum absolute atomic E-state index is 0.119. The first kappa shape index (κ1) is 22.4. The third kappa shape index (κ3) is 5.27. The van der Waals surface area contributed by atoms with Crippen molar-refractivity contribution in [2.45, 2.75) is 26.3 Å². The predicted octanol–water partition coefficient (Wildman–Crippen LogP) is 3.71. The van der Waals surface area contributed by atoms with E-state index in [2.05, 4.69) is 10.6 Å². The lowest BCUT2D eigenvalue weighted by atomic mass is 9.95. The fourth-order valence-electron chi connectivity index (χ4n) is 3.35. The van der Waals surface area contributed by atoms with E-state index in [1.165, 1.54) is 12.1 Å². The molecule has 0 spiro atoms. The Labute approximate surface area is 186 Å². The van der Waals surface area contributed by atoms with Gasteiger partial charge in [0.1, 0.15) is 5.82 Å². The zero-order chi connectivity index (χ0) is 22.5. The molecule has 0 saturated heterocycles. The highest BCUT2D eigenvalue weighted by Crippen LogP contribution is 2.31. The molecule has 1 unspecified atom stereocenters. The number of anilines is 1. The van der Waals surface area contributed by atoms with Crippen molar-refractivity contribution in [1.29, 1.82) is 0 Å². The van der Waals surface area contributed by atoms with Crippen molar-refractivity contribution >= 4 is 34.9 Å². The topological polar surface area (TPSA) is 70.7 Å². The molecule has 1 aliphatic rings. The number of nitrogens with zero attached hydrogens (tertiary/aromatic N) is 1. The monoisotopic (exact) mass is 441 g/mol.